The zero-order valence-corrected chi connectivity index (χ0v) is 19.8. The van der Waals surface area contributed by atoms with Crippen LogP contribution in [-0.4, -0.2) is 40.9 Å². The van der Waals surface area contributed by atoms with Crippen molar-refractivity contribution in [3.05, 3.63) is 59.9 Å². The van der Waals surface area contributed by atoms with Crippen LogP contribution in [0, 0.1) is 0 Å². The SMILES string of the molecule is CC(C)c1cccc(-c2ccnc(OCC(C)(C)n3ccc(S(N)(=O)=O)n3)c2)c1CC(=O)O. The maximum absolute atomic E-state index is 11.5. The lowest BCUT2D eigenvalue weighted by molar-refractivity contribution is -0.136. The third-order valence-corrected chi connectivity index (χ3v) is 6.06. The van der Waals surface area contributed by atoms with Crippen LogP contribution in [0.4, 0.5) is 0 Å². The van der Waals surface area contributed by atoms with Gasteiger partial charge >= 0.3 is 5.97 Å². The monoisotopic (exact) mass is 472 g/mol. The van der Waals surface area contributed by atoms with Crippen molar-refractivity contribution < 1.29 is 23.1 Å². The van der Waals surface area contributed by atoms with Crippen LogP contribution in [0.2, 0.25) is 0 Å². The molecule has 0 saturated carbocycles. The number of aromatic nitrogens is 3. The van der Waals surface area contributed by atoms with Crippen molar-refractivity contribution in [1.82, 2.24) is 14.8 Å². The van der Waals surface area contributed by atoms with Crippen molar-refractivity contribution in [3.8, 4) is 17.0 Å². The van der Waals surface area contributed by atoms with Gasteiger partial charge in [0.15, 0.2) is 5.03 Å². The van der Waals surface area contributed by atoms with E-state index in [1.165, 1.54) is 16.9 Å². The first-order valence-corrected chi connectivity index (χ1v) is 11.9. The topological polar surface area (TPSA) is 137 Å². The van der Waals surface area contributed by atoms with E-state index in [9.17, 15) is 18.3 Å². The summed E-state index contributed by atoms with van der Waals surface area (Å²) in [5, 5.41) is 18.4. The summed E-state index contributed by atoms with van der Waals surface area (Å²) in [5.41, 5.74) is 2.68. The van der Waals surface area contributed by atoms with Crippen molar-refractivity contribution in [2.24, 2.45) is 5.14 Å². The zero-order valence-electron chi connectivity index (χ0n) is 19.0. The minimum Gasteiger partial charge on any atom is -0.481 e. The Kier molecular flexibility index (Phi) is 6.89. The molecule has 0 bridgehead atoms. The Morgan fingerprint density at radius 2 is 1.97 bits per heavy atom. The molecule has 0 saturated heterocycles. The molecular weight excluding hydrogens is 444 g/mol. The number of carboxylic acid groups (broad SMARTS) is 1. The summed E-state index contributed by atoms with van der Waals surface area (Å²) >= 11 is 0. The molecule has 0 unspecified atom stereocenters. The summed E-state index contributed by atoms with van der Waals surface area (Å²) in [6, 6.07) is 10.7. The van der Waals surface area contributed by atoms with E-state index < -0.39 is 21.5 Å². The fraction of sp³-hybridized carbons (Fsp3) is 0.348. The molecule has 1 aromatic carbocycles. The Hall–Kier alpha value is -3.24. The lowest BCUT2D eigenvalue weighted by Crippen LogP contribution is -2.34. The molecule has 0 radical (unpaired) electrons. The molecule has 3 rings (SSSR count). The number of nitrogens with two attached hydrogens (primary N) is 1. The van der Waals surface area contributed by atoms with E-state index in [4.69, 9.17) is 9.88 Å². The first kappa shape index (κ1) is 24.4. The number of carbonyl (C=O) groups is 1. The first-order valence-electron chi connectivity index (χ1n) is 10.4. The van der Waals surface area contributed by atoms with Gasteiger partial charge in [0.05, 0.1) is 12.0 Å². The molecule has 0 amide bonds. The molecule has 3 N–H and O–H groups in total. The van der Waals surface area contributed by atoms with Gasteiger partial charge in [0.2, 0.25) is 5.88 Å². The lowest BCUT2D eigenvalue weighted by atomic mass is 9.89. The highest BCUT2D eigenvalue weighted by molar-refractivity contribution is 7.89. The summed E-state index contributed by atoms with van der Waals surface area (Å²) in [6.45, 7) is 7.90. The van der Waals surface area contributed by atoms with E-state index in [2.05, 4.69) is 10.1 Å². The number of sulfonamides is 1. The standard InChI is InChI=1S/C23H28N4O5S/c1-15(2)17-6-5-7-18(19(17)13-22(28)29)16-8-10-25-20(12-16)32-14-23(3,4)27-11-9-21(26-27)33(24,30)31/h5-12,15H,13-14H2,1-4H3,(H,28,29)(H2,24,30,31). The van der Waals surface area contributed by atoms with E-state index in [1.807, 2.05) is 52.0 Å². The average molecular weight is 473 g/mol. The highest BCUT2D eigenvalue weighted by Crippen LogP contribution is 2.32. The van der Waals surface area contributed by atoms with Crippen LogP contribution >= 0.6 is 0 Å². The average Bonchev–Trinajstić information content (AvgIpc) is 3.24. The molecule has 9 nitrogen and oxygen atoms in total. The van der Waals surface area contributed by atoms with Gasteiger partial charge in [-0.25, -0.2) is 18.5 Å². The van der Waals surface area contributed by atoms with E-state index >= 15 is 0 Å². The number of pyridine rings is 1. The lowest BCUT2D eigenvalue weighted by Gasteiger charge is -2.25. The number of hydrogen-bond donors (Lipinski definition) is 2. The van der Waals surface area contributed by atoms with Crippen molar-refractivity contribution in [3.63, 3.8) is 0 Å². The van der Waals surface area contributed by atoms with Crippen molar-refractivity contribution >= 4 is 16.0 Å². The van der Waals surface area contributed by atoms with Gasteiger partial charge in [-0.2, -0.15) is 5.10 Å². The van der Waals surface area contributed by atoms with Gasteiger partial charge in [0, 0.05) is 18.5 Å². The van der Waals surface area contributed by atoms with Crippen molar-refractivity contribution in [2.75, 3.05) is 6.61 Å². The molecule has 3 aromatic rings. The van der Waals surface area contributed by atoms with Crippen LogP contribution in [0.25, 0.3) is 11.1 Å². The molecule has 2 aromatic heterocycles. The highest BCUT2D eigenvalue weighted by Gasteiger charge is 2.25. The van der Waals surface area contributed by atoms with Gasteiger partial charge in [0.25, 0.3) is 10.0 Å². The summed E-state index contributed by atoms with van der Waals surface area (Å²) in [4.78, 5) is 15.8. The second-order valence-electron chi connectivity index (χ2n) is 8.73. The molecule has 0 atom stereocenters. The number of carboxylic acids is 1. The Balaban J connectivity index is 1.87. The largest absolute Gasteiger partial charge is 0.481 e. The van der Waals surface area contributed by atoms with Crippen LogP contribution in [0.1, 0.15) is 44.7 Å². The van der Waals surface area contributed by atoms with E-state index in [1.54, 1.807) is 12.3 Å². The van der Waals surface area contributed by atoms with Crippen molar-refractivity contribution in [2.45, 2.75) is 50.6 Å². The molecule has 0 aliphatic heterocycles. The Morgan fingerprint density at radius 1 is 1.24 bits per heavy atom. The maximum Gasteiger partial charge on any atom is 0.307 e. The number of benzene rings is 1. The van der Waals surface area contributed by atoms with Crippen LogP contribution in [-0.2, 0) is 26.8 Å². The third-order valence-electron chi connectivity index (χ3n) is 5.26. The quantitative estimate of drug-likeness (QED) is 0.488. The number of ether oxygens (including phenoxy) is 1. The molecule has 0 spiro atoms. The molecule has 10 heteroatoms. The number of aliphatic carboxylic acids is 1. The second kappa shape index (κ2) is 9.32. The summed E-state index contributed by atoms with van der Waals surface area (Å²) < 4.78 is 30.4. The van der Waals surface area contributed by atoms with Gasteiger partial charge < -0.3 is 9.84 Å². The molecule has 0 aliphatic carbocycles. The van der Waals surface area contributed by atoms with Gasteiger partial charge in [-0.3, -0.25) is 9.48 Å². The minimum atomic E-state index is -3.90. The Morgan fingerprint density at radius 3 is 2.58 bits per heavy atom. The molecule has 176 valence electrons. The summed E-state index contributed by atoms with van der Waals surface area (Å²) in [5.74, 6) is -0.362. The van der Waals surface area contributed by atoms with Crippen LogP contribution < -0.4 is 9.88 Å². The normalized spacial score (nSPS) is 12.2. The number of primary sulfonamides is 1. The molecule has 0 fully saturated rings. The summed E-state index contributed by atoms with van der Waals surface area (Å²) in [7, 11) is -3.90. The minimum absolute atomic E-state index is 0.0824. The highest BCUT2D eigenvalue weighted by atomic mass is 32.2. The molecule has 2 heterocycles. The van der Waals surface area contributed by atoms with Gasteiger partial charge in [-0.1, -0.05) is 32.0 Å². The van der Waals surface area contributed by atoms with E-state index in [0.29, 0.717) is 5.88 Å². The number of rotatable bonds is 9. The fourth-order valence-electron chi connectivity index (χ4n) is 3.53. The third kappa shape index (κ3) is 5.77. The molecular formula is C23H28N4O5S. The summed E-state index contributed by atoms with van der Waals surface area (Å²) in [6.07, 6.45) is 3.06. The predicted molar refractivity (Wildman–Crippen MR) is 124 cm³/mol. The Labute approximate surface area is 193 Å². The van der Waals surface area contributed by atoms with E-state index in [0.717, 1.165) is 22.3 Å². The fourth-order valence-corrected chi connectivity index (χ4v) is 3.99. The molecule has 0 aliphatic rings. The van der Waals surface area contributed by atoms with Crippen LogP contribution in [0.15, 0.2) is 53.8 Å². The molecule has 33 heavy (non-hydrogen) atoms. The first-order chi connectivity index (χ1) is 15.4. The van der Waals surface area contributed by atoms with Crippen LogP contribution in [0.3, 0.4) is 0 Å². The van der Waals surface area contributed by atoms with Gasteiger partial charge in [0.1, 0.15) is 6.61 Å². The van der Waals surface area contributed by atoms with Crippen molar-refractivity contribution in [1.29, 1.82) is 0 Å². The predicted octanol–water partition coefficient (Wildman–Crippen LogP) is 3.16. The zero-order chi connectivity index (χ0) is 24.4. The van der Waals surface area contributed by atoms with E-state index in [-0.39, 0.29) is 24.0 Å². The maximum atomic E-state index is 11.5. The van der Waals surface area contributed by atoms with Gasteiger partial charge in [-0.05, 0) is 54.2 Å². The number of hydrogen-bond acceptors (Lipinski definition) is 6. The Bertz CT molecular complexity index is 1270. The smallest absolute Gasteiger partial charge is 0.307 e. The second-order valence-corrected chi connectivity index (χ2v) is 10.2. The number of nitrogens with zero attached hydrogens (tertiary/aromatic N) is 3. The van der Waals surface area contributed by atoms with Gasteiger partial charge in [-0.15, -0.1) is 0 Å². The van der Waals surface area contributed by atoms with Crippen LogP contribution in [0.5, 0.6) is 5.88 Å².